The summed E-state index contributed by atoms with van der Waals surface area (Å²) in [7, 11) is -3.98. The normalized spacial score (nSPS) is 14.1. The predicted molar refractivity (Wildman–Crippen MR) is 142 cm³/mol. The first-order chi connectivity index (χ1) is 17.5. The topological polar surface area (TPSA) is 91.4 Å². The molecule has 1 aromatic heterocycles. The highest BCUT2D eigenvalue weighted by Gasteiger charge is 2.29. The molecule has 1 aliphatic rings. The van der Waals surface area contributed by atoms with Crippen molar-refractivity contribution < 1.29 is 18.3 Å². The van der Waals surface area contributed by atoms with Gasteiger partial charge in [-0.15, -0.1) is 0 Å². The van der Waals surface area contributed by atoms with E-state index in [2.05, 4.69) is 9.71 Å². The van der Waals surface area contributed by atoms with Gasteiger partial charge in [-0.1, -0.05) is 60.7 Å². The van der Waals surface area contributed by atoms with Gasteiger partial charge in [0.25, 0.3) is 0 Å². The van der Waals surface area contributed by atoms with Gasteiger partial charge in [0.2, 0.25) is 10.0 Å². The Hall–Kier alpha value is -3.65. The third-order valence-corrected chi connectivity index (χ3v) is 8.35. The number of aliphatic hydroxyl groups excluding tert-OH is 1. The van der Waals surface area contributed by atoms with Crippen LogP contribution in [-0.4, -0.2) is 37.8 Å². The molecule has 0 saturated heterocycles. The van der Waals surface area contributed by atoms with Crippen molar-refractivity contribution >= 4 is 31.7 Å². The zero-order valence-corrected chi connectivity index (χ0v) is 20.4. The number of para-hydroxylation sites is 1. The van der Waals surface area contributed by atoms with Crippen LogP contribution in [0.25, 0.3) is 32.8 Å². The number of nitrogens with one attached hydrogen (secondary N) is 2. The van der Waals surface area contributed by atoms with Crippen LogP contribution in [-0.2, 0) is 22.9 Å². The Morgan fingerprint density at radius 2 is 1.75 bits per heavy atom. The average Bonchev–Trinajstić information content (AvgIpc) is 3.54. The van der Waals surface area contributed by atoms with Crippen LogP contribution in [0.3, 0.4) is 0 Å². The Morgan fingerprint density at radius 1 is 0.972 bits per heavy atom. The second kappa shape index (κ2) is 9.09. The third kappa shape index (κ3) is 4.05. The Kier molecular flexibility index (Phi) is 5.76. The molecule has 0 radical (unpaired) electrons. The number of aliphatic hydroxyl groups is 1. The second-order valence-electron chi connectivity index (χ2n) is 9.15. The first kappa shape index (κ1) is 22.8. The summed E-state index contributed by atoms with van der Waals surface area (Å²) in [6.07, 6.45) is 2.87. The standard InChI is InChI=1S/C29H26N2O4S/c32-18-23(15-22-17-30-27-11-4-3-9-26(22)27)31-36(33,34)28-16-21(14-20-12-13-35-29(20)28)25-10-5-7-19-6-1-2-8-24(19)25/h1-11,14,16-17,23,30-32H,12-13,15,18H2/t23-/m1/s1. The summed E-state index contributed by atoms with van der Waals surface area (Å²) in [4.78, 5) is 3.32. The molecule has 182 valence electrons. The number of aromatic amines is 1. The fourth-order valence-electron chi connectivity index (χ4n) is 5.10. The van der Waals surface area contributed by atoms with Crippen LogP contribution in [0.4, 0.5) is 0 Å². The number of ether oxygens (including phenoxy) is 1. The number of hydrogen-bond donors (Lipinski definition) is 3. The summed E-state index contributed by atoms with van der Waals surface area (Å²) < 4.78 is 35.9. The van der Waals surface area contributed by atoms with Crippen molar-refractivity contribution in [1.29, 1.82) is 0 Å². The number of aromatic nitrogens is 1. The third-order valence-electron chi connectivity index (χ3n) is 6.82. The van der Waals surface area contributed by atoms with Gasteiger partial charge < -0.3 is 14.8 Å². The molecule has 0 bridgehead atoms. The predicted octanol–water partition coefficient (Wildman–Crippen LogP) is 4.80. The summed E-state index contributed by atoms with van der Waals surface area (Å²) in [5, 5.41) is 13.2. The van der Waals surface area contributed by atoms with Crippen LogP contribution in [0.1, 0.15) is 11.1 Å². The zero-order chi connectivity index (χ0) is 24.7. The summed E-state index contributed by atoms with van der Waals surface area (Å²) in [6.45, 7) is 0.112. The number of rotatable bonds is 7. The molecular formula is C29H26N2O4S. The average molecular weight is 499 g/mol. The summed E-state index contributed by atoms with van der Waals surface area (Å²) >= 11 is 0. The van der Waals surface area contributed by atoms with Crippen molar-refractivity contribution in [2.75, 3.05) is 13.2 Å². The maximum atomic E-state index is 13.7. The summed E-state index contributed by atoms with van der Waals surface area (Å²) in [5.41, 5.74) is 4.59. The van der Waals surface area contributed by atoms with E-state index in [0.717, 1.165) is 43.9 Å². The highest BCUT2D eigenvalue weighted by molar-refractivity contribution is 7.89. The number of hydrogen-bond acceptors (Lipinski definition) is 4. The molecule has 3 N–H and O–H groups in total. The lowest BCUT2D eigenvalue weighted by Crippen LogP contribution is -2.39. The molecule has 0 fully saturated rings. The van der Waals surface area contributed by atoms with Gasteiger partial charge in [-0.3, -0.25) is 0 Å². The maximum Gasteiger partial charge on any atom is 0.244 e. The van der Waals surface area contributed by atoms with Crippen LogP contribution in [0.5, 0.6) is 5.75 Å². The largest absolute Gasteiger partial charge is 0.492 e. The molecule has 0 unspecified atom stereocenters. The van der Waals surface area contributed by atoms with E-state index in [4.69, 9.17) is 4.74 Å². The molecule has 1 aliphatic heterocycles. The lowest BCUT2D eigenvalue weighted by molar-refractivity contribution is 0.256. The molecule has 2 heterocycles. The molecular weight excluding hydrogens is 472 g/mol. The molecule has 0 amide bonds. The quantitative estimate of drug-likeness (QED) is 0.301. The van der Waals surface area contributed by atoms with Crippen molar-refractivity contribution in [2.45, 2.75) is 23.8 Å². The van der Waals surface area contributed by atoms with Crippen LogP contribution < -0.4 is 9.46 Å². The number of sulfonamides is 1. The maximum absolute atomic E-state index is 13.7. The molecule has 5 aromatic rings. The van der Waals surface area contributed by atoms with Crippen molar-refractivity contribution in [3.8, 4) is 16.9 Å². The van der Waals surface area contributed by atoms with Gasteiger partial charge in [0, 0.05) is 29.6 Å². The van der Waals surface area contributed by atoms with Gasteiger partial charge >= 0.3 is 0 Å². The van der Waals surface area contributed by atoms with Crippen molar-refractivity contribution in [3.05, 3.63) is 96.2 Å². The van der Waals surface area contributed by atoms with Crippen molar-refractivity contribution in [1.82, 2.24) is 9.71 Å². The molecule has 0 spiro atoms. The van der Waals surface area contributed by atoms with Crippen LogP contribution >= 0.6 is 0 Å². The van der Waals surface area contributed by atoms with Gasteiger partial charge in [0.15, 0.2) is 0 Å². The fraction of sp³-hybridized carbons (Fsp3) is 0.172. The molecule has 6 rings (SSSR count). The highest BCUT2D eigenvalue weighted by Crippen LogP contribution is 2.39. The Balaban J connectivity index is 1.38. The van der Waals surface area contributed by atoms with Crippen molar-refractivity contribution in [2.24, 2.45) is 0 Å². The Morgan fingerprint density at radius 3 is 2.61 bits per heavy atom. The van der Waals surface area contributed by atoms with Crippen LogP contribution in [0.15, 0.2) is 90.0 Å². The minimum atomic E-state index is -3.98. The molecule has 36 heavy (non-hydrogen) atoms. The minimum Gasteiger partial charge on any atom is -0.492 e. The monoisotopic (exact) mass is 498 g/mol. The van der Waals surface area contributed by atoms with Crippen LogP contribution in [0.2, 0.25) is 0 Å². The molecule has 0 aliphatic carbocycles. The molecule has 1 atom stereocenters. The van der Waals surface area contributed by atoms with E-state index in [1.807, 2.05) is 79.0 Å². The van der Waals surface area contributed by atoms with Gasteiger partial charge in [-0.25, -0.2) is 13.1 Å². The minimum absolute atomic E-state index is 0.109. The lowest BCUT2D eigenvalue weighted by atomic mass is 9.96. The van der Waals surface area contributed by atoms with E-state index in [9.17, 15) is 13.5 Å². The van der Waals surface area contributed by atoms with E-state index >= 15 is 0 Å². The van der Waals surface area contributed by atoms with E-state index in [1.165, 1.54) is 0 Å². The van der Waals surface area contributed by atoms with Gasteiger partial charge in [-0.2, -0.15) is 0 Å². The summed E-state index contributed by atoms with van der Waals surface area (Å²) in [5.74, 6) is 0.398. The number of benzene rings is 4. The fourth-order valence-corrected chi connectivity index (χ4v) is 6.54. The Labute approximate surface area is 209 Å². The van der Waals surface area contributed by atoms with E-state index < -0.39 is 16.1 Å². The Bertz CT molecular complexity index is 1690. The second-order valence-corrected chi connectivity index (χ2v) is 10.8. The number of fused-ring (bicyclic) bond motifs is 3. The number of H-pyrrole nitrogens is 1. The van der Waals surface area contributed by atoms with E-state index in [-0.39, 0.29) is 11.5 Å². The summed E-state index contributed by atoms with van der Waals surface area (Å²) in [6, 6.07) is 25.0. The molecule has 6 nitrogen and oxygen atoms in total. The van der Waals surface area contributed by atoms with Crippen LogP contribution in [0, 0.1) is 0 Å². The van der Waals surface area contributed by atoms with Crippen molar-refractivity contribution in [3.63, 3.8) is 0 Å². The van der Waals surface area contributed by atoms with E-state index in [1.54, 1.807) is 6.07 Å². The highest BCUT2D eigenvalue weighted by atomic mass is 32.2. The molecule has 0 saturated carbocycles. The molecule has 7 heteroatoms. The zero-order valence-electron chi connectivity index (χ0n) is 19.6. The molecule has 4 aromatic carbocycles. The first-order valence-corrected chi connectivity index (χ1v) is 13.5. The van der Waals surface area contributed by atoms with Gasteiger partial charge in [-0.05, 0) is 57.6 Å². The van der Waals surface area contributed by atoms with Gasteiger partial charge in [0.1, 0.15) is 10.6 Å². The SMILES string of the molecule is O=S(=O)(N[C@@H](CO)Cc1c[nH]c2ccccc12)c1cc(-c2cccc3ccccc23)cc2c1OCC2. The van der Waals surface area contributed by atoms with E-state index in [0.29, 0.717) is 25.2 Å². The lowest BCUT2D eigenvalue weighted by Gasteiger charge is -2.19. The first-order valence-electron chi connectivity index (χ1n) is 12.0. The van der Waals surface area contributed by atoms with Gasteiger partial charge in [0.05, 0.1) is 13.2 Å². The smallest absolute Gasteiger partial charge is 0.244 e.